The van der Waals surface area contributed by atoms with Crippen molar-refractivity contribution in [1.82, 2.24) is 14.9 Å². The number of amides is 1. The number of aromatic nitrogens is 2. The van der Waals surface area contributed by atoms with Crippen molar-refractivity contribution in [3.05, 3.63) is 53.9 Å². The van der Waals surface area contributed by atoms with Crippen molar-refractivity contribution in [3.63, 3.8) is 0 Å². The quantitative estimate of drug-likeness (QED) is 0.428. The topological polar surface area (TPSA) is 63.2 Å². The van der Waals surface area contributed by atoms with Gasteiger partial charge in [0, 0.05) is 37.0 Å². The summed E-state index contributed by atoms with van der Waals surface area (Å²) in [5.41, 5.74) is -0.817. The fourth-order valence-corrected chi connectivity index (χ4v) is 3.79. The van der Waals surface area contributed by atoms with E-state index in [1.807, 2.05) is 0 Å². The van der Waals surface area contributed by atoms with Crippen LogP contribution in [0, 0.1) is 5.92 Å². The summed E-state index contributed by atoms with van der Waals surface area (Å²) in [5, 5.41) is 0.490. The van der Waals surface area contributed by atoms with Crippen molar-refractivity contribution in [1.29, 1.82) is 0 Å². The van der Waals surface area contributed by atoms with Gasteiger partial charge in [0.1, 0.15) is 0 Å². The molecule has 0 unspecified atom stereocenters. The standard InChI is InChI=1S/C19H18F3N3O2S/c20-19(21,22)15-6-1-4-13(10-15)17(27)14-5-2-9-25(11-14)16(26)12-28-18-23-7-3-8-24-18/h1,3-4,6-8,10,14H,2,5,9,11-12H2/t14-/m0/s1. The van der Waals surface area contributed by atoms with Crippen LogP contribution in [-0.2, 0) is 11.0 Å². The van der Waals surface area contributed by atoms with Gasteiger partial charge in [0.25, 0.3) is 0 Å². The highest BCUT2D eigenvalue weighted by molar-refractivity contribution is 7.99. The third-order valence-electron chi connectivity index (χ3n) is 4.49. The molecule has 1 aromatic carbocycles. The first-order chi connectivity index (χ1) is 13.3. The van der Waals surface area contributed by atoms with E-state index in [1.54, 1.807) is 23.4 Å². The number of thioether (sulfide) groups is 1. The maximum absolute atomic E-state index is 12.9. The first kappa shape index (κ1) is 20.3. The molecule has 28 heavy (non-hydrogen) atoms. The van der Waals surface area contributed by atoms with Crippen molar-refractivity contribution < 1.29 is 22.8 Å². The van der Waals surface area contributed by atoms with Crippen LogP contribution in [0.15, 0.2) is 47.9 Å². The van der Waals surface area contributed by atoms with Gasteiger partial charge in [-0.25, -0.2) is 9.97 Å². The van der Waals surface area contributed by atoms with Crippen LogP contribution in [-0.4, -0.2) is 45.4 Å². The molecule has 5 nitrogen and oxygen atoms in total. The normalized spacial score (nSPS) is 17.4. The van der Waals surface area contributed by atoms with Crippen LogP contribution in [0.5, 0.6) is 0 Å². The number of hydrogen-bond donors (Lipinski definition) is 0. The average Bonchev–Trinajstić information content (AvgIpc) is 2.72. The van der Waals surface area contributed by atoms with Crippen LogP contribution in [0.2, 0.25) is 0 Å². The zero-order valence-corrected chi connectivity index (χ0v) is 15.7. The molecule has 0 saturated carbocycles. The lowest BCUT2D eigenvalue weighted by atomic mass is 9.89. The van der Waals surface area contributed by atoms with Crippen molar-refractivity contribution in [2.75, 3.05) is 18.8 Å². The SMILES string of the molecule is O=C(c1cccc(C(F)(F)F)c1)[C@H]1CCCN(C(=O)CSc2ncccn2)C1. The molecular weight excluding hydrogens is 391 g/mol. The van der Waals surface area contributed by atoms with E-state index in [0.29, 0.717) is 24.5 Å². The number of carbonyl (C=O) groups is 2. The van der Waals surface area contributed by atoms with Crippen molar-refractivity contribution in [3.8, 4) is 0 Å². The van der Waals surface area contributed by atoms with E-state index < -0.39 is 17.7 Å². The third kappa shape index (κ3) is 5.09. The van der Waals surface area contributed by atoms with Gasteiger partial charge in [-0.1, -0.05) is 23.9 Å². The highest BCUT2D eigenvalue weighted by atomic mass is 32.2. The lowest BCUT2D eigenvalue weighted by Crippen LogP contribution is -2.43. The lowest BCUT2D eigenvalue weighted by Gasteiger charge is -2.32. The molecule has 1 aliphatic heterocycles. The van der Waals surface area contributed by atoms with Crippen LogP contribution in [0.3, 0.4) is 0 Å². The molecule has 0 spiro atoms. The lowest BCUT2D eigenvalue weighted by molar-refractivity contribution is -0.137. The first-order valence-electron chi connectivity index (χ1n) is 8.73. The van der Waals surface area contributed by atoms with E-state index in [1.165, 1.54) is 23.9 Å². The molecule has 9 heteroatoms. The van der Waals surface area contributed by atoms with Crippen LogP contribution in [0.1, 0.15) is 28.8 Å². The Labute approximate surface area is 164 Å². The Balaban J connectivity index is 1.62. The Morgan fingerprint density at radius 2 is 1.93 bits per heavy atom. The summed E-state index contributed by atoms with van der Waals surface area (Å²) in [6.07, 6.45) is -0.141. The fraction of sp³-hybridized carbons (Fsp3) is 0.368. The molecule has 1 aromatic heterocycles. The van der Waals surface area contributed by atoms with Gasteiger partial charge in [-0.3, -0.25) is 9.59 Å². The molecular formula is C19H18F3N3O2S. The molecule has 1 saturated heterocycles. The number of alkyl halides is 3. The molecule has 2 heterocycles. The van der Waals surface area contributed by atoms with Crippen molar-refractivity contribution >= 4 is 23.5 Å². The van der Waals surface area contributed by atoms with Gasteiger partial charge in [-0.15, -0.1) is 0 Å². The zero-order chi connectivity index (χ0) is 20.1. The minimum atomic E-state index is -4.50. The Hall–Kier alpha value is -2.42. The maximum atomic E-state index is 12.9. The molecule has 1 amide bonds. The summed E-state index contributed by atoms with van der Waals surface area (Å²) in [7, 11) is 0. The zero-order valence-electron chi connectivity index (χ0n) is 14.9. The van der Waals surface area contributed by atoms with Crippen LogP contribution in [0.25, 0.3) is 0 Å². The summed E-state index contributed by atoms with van der Waals surface area (Å²) in [5.74, 6) is -0.852. The van der Waals surface area contributed by atoms with Gasteiger partial charge < -0.3 is 4.90 Å². The highest BCUT2D eigenvalue weighted by Crippen LogP contribution is 2.31. The van der Waals surface area contributed by atoms with Gasteiger partial charge in [0.05, 0.1) is 11.3 Å². The number of likely N-dealkylation sites (tertiary alicyclic amines) is 1. The van der Waals surface area contributed by atoms with Gasteiger partial charge in [-0.2, -0.15) is 13.2 Å². The second kappa shape index (κ2) is 8.72. The summed E-state index contributed by atoms with van der Waals surface area (Å²) >= 11 is 1.21. The molecule has 0 bridgehead atoms. The van der Waals surface area contributed by atoms with Gasteiger partial charge >= 0.3 is 6.18 Å². The molecule has 0 aliphatic carbocycles. The van der Waals surface area contributed by atoms with E-state index in [9.17, 15) is 22.8 Å². The number of carbonyl (C=O) groups excluding carboxylic acids is 2. The van der Waals surface area contributed by atoms with Crippen molar-refractivity contribution in [2.24, 2.45) is 5.92 Å². The molecule has 1 atom stereocenters. The smallest absolute Gasteiger partial charge is 0.341 e. The van der Waals surface area contributed by atoms with E-state index in [0.717, 1.165) is 12.1 Å². The summed E-state index contributed by atoms with van der Waals surface area (Å²) in [6.45, 7) is 0.742. The molecule has 148 valence electrons. The van der Waals surface area contributed by atoms with Gasteiger partial charge in [0.2, 0.25) is 5.91 Å². The number of rotatable bonds is 5. The third-order valence-corrected chi connectivity index (χ3v) is 5.35. The number of nitrogens with zero attached hydrogens (tertiary/aromatic N) is 3. The predicted octanol–water partition coefficient (Wildman–Crippen LogP) is 3.71. The van der Waals surface area contributed by atoms with E-state index in [4.69, 9.17) is 0 Å². The average molecular weight is 409 g/mol. The van der Waals surface area contributed by atoms with Crippen molar-refractivity contribution in [2.45, 2.75) is 24.2 Å². The number of benzene rings is 1. The fourth-order valence-electron chi connectivity index (χ4n) is 3.08. The number of halogens is 3. The largest absolute Gasteiger partial charge is 0.416 e. The predicted molar refractivity (Wildman–Crippen MR) is 97.8 cm³/mol. The molecule has 3 rings (SSSR count). The van der Waals surface area contributed by atoms with Crippen LogP contribution < -0.4 is 0 Å². The minimum Gasteiger partial charge on any atom is -0.341 e. The first-order valence-corrected chi connectivity index (χ1v) is 9.72. The number of hydrogen-bond acceptors (Lipinski definition) is 5. The number of Topliss-reactive ketones (excluding diaryl/α,β-unsaturated/α-hetero) is 1. The second-order valence-electron chi connectivity index (χ2n) is 6.44. The Morgan fingerprint density at radius 3 is 2.64 bits per heavy atom. The number of ketones is 1. The highest BCUT2D eigenvalue weighted by Gasteiger charge is 2.33. The Kier molecular flexibility index (Phi) is 6.33. The summed E-state index contributed by atoms with van der Waals surface area (Å²) in [6, 6.07) is 6.13. The summed E-state index contributed by atoms with van der Waals surface area (Å²) < 4.78 is 38.7. The molecule has 0 N–H and O–H groups in total. The monoisotopic (exact) mass is 409 g/mol. The molecule has 2 aromatic rings. The second-order valence-corrected chi connectivity index (χ2v) is 7.38. The van der Waals surface area contributed by atoms with Crippen LogP contribution >= 0.6 is 11.8 Å². The Morgan fingerprint density at radius 1 is 1.18 bits per heavy atom. The van der Waals surface area contributed by atoms with Crippen LogP contribution in [0.4, 0.5) is 13.2 Å². The molecule has 1 aliphatic rings. The van der Waals surface area contributed by atoms with E-state index in [2.05, 4.69) is 9.97 Å². The van der Waals surface area contributed by atoms with Gasteiger partial charge in [-0.05, 0) is 31.0 Å². The van der Waals surface area contributed by atoms with E-state index >= 15 is 0 Å². The maximum Gasteiger partial charge on any atom is 0.416 e. The Bertz CT molecular complexity index is 846. The molecule has 0 radical (unpaired) electrons. The summed E-state index contributed by atoms with van der Waals surface area (Å²) in [4.78, 5) is 34.8. The van der Waals surface area contributed by atoms with E-state index in [-0.39, 0.29) is 29.6 Å². The minimum absolute atomic E-state index is 0.0289. The van der Waals surface area contributed by atoms with Gasteiger partial charge in [0.15, 0.2) is 10.9 Å². The number of piperidine rings is 1. The molecule has 1 fully saturated rings.